The molecule has 3 rings (SSSR count). The highest BCUT2D eigenvalue weighted by molar-refractivity contribution is 5.87. The molecule has 0 aliphatic heterocycles. The quantitative estimate of drug-likeness (QED) is 0.711. The fourth-order valence-electron chi connectivity index (χ4n) is 2.21. The fourth-order valence-corrected chi connectivity index (χ4v) is 2.21. The minimum absolute atomic E-state index is 0.886. The van der Waals surface area contributed by atoms with Crippen molar-refractivity contribution in [2.24, 2.45) is 0 Å². The Morgan fingerprint density at radius 2 is 1.89 bits per heavy atom. The molecule has 2 heteroatoms. The number of methoxy groups -OCH3 is 1. The first-order valence-electron chi connectivity index (χ1n) is 6.00. The lowest BCUT2D eigenvalue weighted by Crippen LogP contribution is -1.80. The van der Waals surface area contributed by atoms with Gasteiger partial charge in [0.25, 0.3) is 0 Å². The van der Waals surface area contributed by atoms with E-state index in [9.17, 15) is 0 Å². The third kappa shape index (κ3) is 1.86. The molecule has 1 heterocycles. The van der Waals surface area contributed by atoms with Crippen LogP contribution in [-0.4, -0.2) is 12.1 Å². The highest BCUT2D eigenvalue weighted by Crippen LogP contribution is 2.27. The van der Waals surface area contributed by atoms with Gasteiger partial charge in [0.15, 0.2) is 0 Å². The van der Waals surface area contributed by atoms with Gasteiger partial charge in [-0.1, -0.05) is 23.8 Å². The van der Waals surface area contributed by atoms with Gasteiger partial charge in [-0.15, -0.1) is 0 Å². The number of aromatic nitrogens is 1. The van der Waals surface area contributed by atoms with Gasteiger partial charge in [-0.2, -0.15) is 0 Å². The number of rotatable bonds is 2. The third-order valence-electron chi connectivity index (χ3n) is 3.16. The maximum Gasteiger partial charge on any atom is 0.119 e. The Morgan fingerprint density at radius 1 is 1.00 bits per heavy atom. The summed E-state index contributed by atoms with van der Waals surface area (Å²) in [5, 5.41) is 1.17. The average molecular weight is 237 g/mol. The van der Waals surface area contributed by atoms with E-state index in [2.05, 4.69) is 42.2 Å². The molecule has 0 saturated carbocycles. The Kier molecular flexibility index (Phi) is 2.56. The minimum Gasteiger partial charge on any atom is -0.497 e. The summed E-state index contributed by atoms with van der Waals surface area (Å²) in [6.07, 6.45) is 0. The van der Waals surface area contributed by atoms with E-state index in [-0.39, 0.29) is 0 Å². The van der Waals surface area contributed by atoms with Crippen LogP contribution in [0.1, 0.15) is 5.56 Å². The van der Waals surface area contributed by atoms with Crippen LogP contribution in [0, 0.1) is 6.92 Å². The summed E-state index contributed by atoms with van der Waals surface area (Å²) in [6.45, 7) is 2.11. The van der Waals surface area contributed by atoms with Crippen LogP contribution in [0.4, 0.5) is 0 Å². The SMILES string of the molecule is COc1ccc2[nH]c(-c3cccc(C)c3)cc2c1. The molecule has 2 aromatic carbocycles. The third-order valence-corrected chi connectivity index (χ3v) is 3.16. The summed E-state index contributed by atoms with van der Waals surface area (Å²) in [5.41, 5.74) is 4.75. The van der Waals surface area contributed by atoms with Gasteiger partial charge in [0.05, 0.1) is 7.11 Å². The van der Waals surface area contributed by atoms with Crippen LogP contribution >= 0.6 is 0 Å². The molecule has 1 aromatic heterocycles. The van der Waals surface area contributed by atoms with Crippen molar-refractivity contribution in [2.45, 2.75) is 6.92 Å². The van der Waals surface area contributed by atoms with Gasteiger partial charge in [0, 0.05) is 16.6 Å². The van der Waals surface area contributed by atoms with Crippen molar-refractivity contribution in [1.29, 1.82) is 0 Å². The normalized spacial score (nSPS) is 10.8. The van der Waals surface area contributed by atoms with Crippen LogP contribution in [0.3, 0.4) is 0 Å². The summed E-state index contributed by atoms with van der Waals surface area (Å²) in [4.78, 5) is 3.43. The molecule has 2 nitrogen and oxygen atoms in total. The summed E-state index contributed by atoms with van der Waals surface area (Å²) in [7, 11) is 1.69. The minimum atomic E-state index is 0.886. The summed E-state index contributed by atoms with van der Waals surface area (Å²) in [6, 6.07) is 16.7. The first-order chi connectivity index (χ1) is 8.76. The van der Waals surface area contributed by atoms with Gasteiger partial charge >= 0.3 is 0 Å². The van der Waals surface area contributed by atoms with Crippen molar-refractivity contribution >= 4 is 10.9 Å². The lowest BCUT2D eigenvalue weighted by Gasteiger charge is -1.98. The Bertz CT molecular complexity index is 697. The zero-order valence-corrected chi connectivity index (χ0v) is 10.5. The highest BCUT2D eigenvalue weighted by Gasteiger charge is 2.04. The molecule has 0 atom stereocenters. The Hall–Kier alpha value is -2.22. The van der Waals surface area contributed by atoms with Gasteiger partial charge < -0.3 is 9.72 Å². The Balaban J connectivity index is 2.13. The van der Waals surface area contributed by atoms with Crippen molar-refractivity contribution in [3.8, 4) is 17.0 Å². The monoisotopic (exact) mass is 237 g/mol. The van der Waals surface area contributed by atoms with Crippen molar-refractivity contribution in [3.63, 3.8) is 0 Å². The molecular weight excluding hydrogens is 222 g/mol. The van der Waals surface area contributed by atoms with Crippen LogP contribution in [0.15, 0.2) is 48.5 Å². The zero-order chi connectivity index (χ0) is 12.5. The van der Waals surface area contributed by atoms with Gasteiger partial charge in [-0.25, -0.2) is 0 Å². The molecule has 0 aliphatic rings. The maximum atomic E-state index is 5.24. The van der Waals surface area contributed by atoms with Crippen molar-refractivity contribution in [3.05, 3.63) is 54.1 Å². The van der Waals surface area contributed by atoms with Gasteiger partial charge in [0.1, 0.15) is 5.75 Å². The summed E-state index contributed by atoms with van der Waals surface area (Å²) < 4.78 is 5.24. The number of fused-ring (bicyclic) bond motifs is 1. The molecular formula is C16H15NO. The average Bonchev–Trinajstić information content (AvgIpc) is 2.81. The number of H-pyrrole nitrogens is 1. The smallest absolute Gasteiger partial charge is 0.119 e. The van der Waals surface area contributed by atoms with Crippen molar-refractivity contribution in [2.75, 3.05) is 7.11 Å². The Morgan fingerprint density at radius 3 is 2.67 bits per heavy atom. The molecule has 90 valence electrons. The predicted molar refractivity (Wildman–Crippen MR) is 75.0 cm³/mol. The first kappa shape index (κ1) is 10.9. The van der Waals surface area contributed by atoms with Gasteiger partial charge in [-0.3, -0.25) is 0 Å². The van der Waals surface area contributed by atoms with Crippen LogP contribution in [0.25, 0.3) is 22.2 Å². The molecule has 18 heavy (non-hydrogen) atoms. The molecule has 0 spiro atoms. The number of hydrogen-bond donors (Lipinski definition) is 1. The molecule has 0 radical (unpaired) electrons. The molecule has 0 fully saturated rings. The molecule has 0 aliphatic carbocycles. The second-order valence-electron chi connectivity index (χ2n) is 4.51. The van der Waals surface area contributed by atoms with E-state index in [0.29, 0.717) is 0 Å². The molecule has 3 aromatic rings. The van der Waals surface area contributed by atoms with Gasteiger partial charge in [0.2, 0.25) is 0 Å². The molecule has 0 amide bonds. The van der Waals surface area contributed by atoms with Crippen molar-refractivity contribution in [1.82, 2.24) is 4.98 Å². The molecule has 0 saturated heterocycles. The largest absolute Gasteiger partial charge is 0.497 e. The number of benzene rings is 2. The molecule has 0 unspecified atom stereocenters. The lowest BCUT2D eigenvalue weighted by atomic mass is 10.1. The first-order valence-corrected chi connectivity index (χ1v) is 6.00. The topological polar surface area (TPSA) is 25.0 Å². The standard InChI is InChI=1S/C16H15NO/c1-11-4-3-5-12(8-11)16-10-13-9-14(18-2)6-7-15(13)17-16/h3-10,17H,1-2H3. The number of aryl methyl sites for hydroxylation is 1. The van der Waals surface area contributed by atoms with Crippen LogP contribution < -0.4 is 4.74 Å². The zero-order valence-electron chi connectivity index (χ0n) is 10.5. The number of aromatic amines is 1. The molecule has 0 bridgehead atoms. The maximum absolute atomic E-state index is 5.24. The van der Waals surface area contributed by atoms with Crippen LogP contribution in [-0.2, 0) is 0 Å². The Labute approximate surface area is 106 Å². The lowest BCUT2D eigenvalue weighted by molar-refractivity contribution is 0.415. The summed E-state index contributed by atoms with van der Waals surface area (Å²) >= 11 is 0. The van der Waals surface area contributed by atoms with E-state index in [1.165, 1.54) is 16.5 Å². The fraction of sp³-hybridized carbons (Fsp3) is 0.125. The van der Waals surface area contributed by atoms with E-state index in [1.807, 2.05) is 18.2 Å². The van der Waals surface area contributed by atoms with Crippen LogP contribution in [0.2, 0.25) is 0 Å². The summed E-state index contributed by atoms with van der Waals surface area (Å²) in [5.74, 6) is 0.886. The van der Waals surface area contributed by atoms with E-state index in [0.717, 1.165) is 17.0 Å². The second-order valence-corrected chi connectivity index (χ2v) is 4.51. The highest BCUT2D eigenvalue weighted by atomic mass is 16.5. The van der Waals surface area contributed by atoms with E-state index in [4.69, 9.17) is 4.74 Å². The van der Waals surface area contributed by atoms with Gasteiger partial charge in [-0.05, 0) is 42.8 Å². The van der Waals surface area contributed by atoms with E-state index in [1.54, 1.807) is 7.11 Å². The number of hydrogen-bond acceptors (Lipinski definition) is 1. The predicted octanol–water partition coefficient (Wildman–Crippen LogP) is 4.15. The second kappa shape index (κ2) is 4.22. The van der Waals surface area contributed by atoms with Crippen LogP contribution in [0.5, 0.6) is 5.75 Å². The van der Waals surface area contributed by atoms with E-state index < -0.39 is 0 Å². The van der Waals surface area contributed by atoms with E-state index >= 15 is 0 Å². The number of ether oxygens (including phenoxy) is 1. The van der Waals surface area contributed by atoms with Crippen molar-refractivity contribution < 1.29 is 4.74 Å². The molecule has 1 N–H and O–H groups in total. The number of nitrogens with one attached hydrogen (secondary N) is 1.